The molecule has 1 atom stereocenters. The summed E-state index contributed by atoms with van der Waals surface area (Å²) in [6, 6.07) is 9.87. The number of aliphatic hydroxyl groups excluding tert-OH is 1. The average Bonchev–Trinajstić information content (AvgIpc) is 2.97. The fraction of sp³-hybridized carbons (Fsp3) is 0.294. The Morgan fingerprint density at radius 2 is 2.09 bits per heavy atom. The molecule has 2 heterocycles. The van der Waals surface area contributed by atoms with E-state index < -0.39 is 0 Å². The predicted molar refractivity (Wildman–Crippen MR) is 92.9 cm³/mol. The number of aromatic amines is 1. The predicted octanol–water partition coefficient (Wildman–Crippen LogP) is 2.04. The van der Waals surface area contributed by atoms with Crippen molar-refractivity contribution in [3.05, 3.63) is 48.3 Å². The monoisotopic (exact) mass is 311 g/mol. The lowest BCUT2D eigenvalue weighted by molar-refractivity contribution is 0.273. The van der Waals surface area contributed by atoms with Crippen LogP contribution < -0.4 is 10.2 Å². The Balaban J connectivity index is 1.77. The van der Waals surface area contributed by atoms with Gasteiger partial charge < -0.3 is 20.3 Å². The van der Waals surface area contributed by atoms with Gasteiger partial charge in [-0.2, -0.15) is 4.98 Å². The quantitative estimate of drug-likeness (QED) is 0.649. The summed E-state index contributed by atoms with van der Waals surface area (Å²) >= 11 is 0. The summed E-state index contributed by atoms with van der Waals surface area (Å²) in [6.07, 6.45) is 4.42. The lowest BCUT2D eigenvalue weighted by Gasteiger charge is -2.18. The minimum absolute atomic E-state index is 0.0286. The molecule has 120 valence electrons. The topological polar surface area (TPSA) is 77.1 Å². The fourth-order valence-electron chi connectivity index (χ4n) is 2.58. The van der Waals surface area contributed by atoms with Crippen molar-refractivity contribution in [1.29, 1.82) is 0 Å². The van der Waals surface area contributed by atoms with Crippen LogP contribution in [0, 0.1) is 0 Å². The van der Waals surface area contributed by atoms with Crippen LogP contribution in [0.3, 0.4) is 0 Å². The molecule has 0 saturated heterocycles. The van der Waals surface area contributed by atoms with Gasteiger partial charge in [0, 0.05) is 37.4 Å². The maximum atomic E-state index is 9.71. The van der Waals surface area contributed by atoms with Crippen LogP contribution in [0.2, 0.25) is 0 Å². The van der Waals surface area contributed by atoms with Gasteiger partial charge in [-0.1, -0.05) is 18.2 Å². The first-order valence-electron chi connectivity index (χ1n) is 7.60. The first kappa shape index (κ1) is 15.3. The number of para-hydroxylation sites is 1. The van der Waals surface area contributed by atoms with Gasteiger partial charge in [0.25, 0.3) is 0 Å². The van der Waals surface area contributed by atoms with Crippen molar-refractivity contribution in [1.82, 2.24) is 15.0 Å². The summed E-state index contributed by atoms with van der Waals surface area (Å²) in [4.78, 5) is 13.7. The molecule has 0 fully saturated rings. The Morgan fingerprint density at radius 1 is 1.26 bits per heavy atom. The number of hydrogen-bond donors (Lipinski definition) is 3. The number of anilines is 2. The molecule has 0 bridgehead atoms. The molecule has 23 heavy (non-hydrogen) atoms. The van der Waals surface area contributed by atoms with Crippen LogP contribution in [0.25, 0.3) is 10.9 Å². The van der Waals surface area contributed by atoms with Crippen molar-refractivity contribution in [3.63, 3.8) is 0 Å². The van der Waals surface area contributed by atoms with E-state index in [1.807, 2.05) is 49.5 Å². The largest absolute Gasteiger partial charge is 0.394 e. The standard InChI is InChI=1S/C17H21N5O/c1-22(2)17-18-8-7-16(21-17)20-13(11-23)9-12-10-19-15-6-4-3-5-14(12)15/h3-8,10,13,19,23H,9,11H2,1-2H3,(H,18,20,21). The van der Waals surface area contributed by atoms with Crippen LogP contribution in [0.4, 0.5) is 11.8 Å². The van der Waals surface area contributed by atoms with Crippen molar-refractivity contribution in [2.45, 2.75) is 12.5 Å². The van der Waals surface area contributed by atoms with E-state index in [2.05, 4.69) is 26.3 Å². The van der Waals surface area contributed by atoms with Gasteiger partial charge in [-0.15, -0.1) is 0 Å². The average molecular weight is 311 g/mol. The van der Waals surface area contributed by atoms with Gasteiger partial charge in [-0.25, -0.2) is 4.98 Å². The van der Waals surface area contributed by atoms with Crippen LogP contribution in [0.15, 0.2) is 42.7 Å². The number of benzene rings is 1. The second-order valence-corrected chi connectivity index (χ2v) is 5.72. The zero-order chi connectivity index (χ0) is 16.2. The summed E-state index contributed by atoms with van der Waals surface area (Å²) < 4.78 is 0. The third kappa shape index (κ3) is 3.43. The lowest BCUT2D eigenvalue weighted by atomic mass is 10.1. The molecule has 0 aliphatic carbocycles. The molecule has 0 aliphatic heterocycles. The van der Waals surface area contributed by atoms with Gasteiger partial charge in [-0.3, -0.25) is 0 Å². The van der Waals surface area contributed by atoms with Crippen molar-refractivity contribution in [2.24, 2.45) is 0 Å². The Hall–Kier alpha value is -2.60. The van der Waals surface area contributed by atoms with Crippen LogP contribution in [0.1, 0.15) is 5.56 Å². The first-order chi connectivity index (χ1) is 11.2. The third-order valence-electron chi connectivity index (χ3n) is 3.76. The summed E-state index contributed by atoms with van der Waals surface area (Å²) in [6.45, 7) is 0.0286. The molecule has 3 aromatic rings. The number of hydrogen-bond acceptors (Lipinski definition) is 5. The smallest absolute Gasteiger partial charge is 0.226 e. The molecular formula is C17H21N5O. The molecule has 0 radical (unpaired) electrons. The molecule has 2 aromatic heterocycles. The van der Waals surface area contributed by atoms with Gasteiger partial charge in [0.15, 0.2) is 0 Å². The van der Waals surface area contributed by atoms with Gasteiger partial charge in [0.05, 0.1) is 12.6 Å². The molecule has 0 saturated carbocycles. The Kier molecular flexibility index (Phi) is 4.43. The molecule has 6 heteroatoms. The summed E-state index contributed by atoms with van der Waals surface area (Å²) in [5.41, 5.74) is 2.28. The third-order valence-corrected chi connectivity index (χ3v) is 3.76. The van der Waals surface area contributed by atoms with E-state index in [9.17, 15) is 5.11 Å². The van der Waals surface area contributed by atoms with E-state index in [-0.39, 0.29) is 12.6 Å². The van der Waals surface area contributed by atoms with Crippen LogP contribution in [-0.2, 0) is 6.42 Å². The maximum absolute atomic E-state index is 9.71. The van der Waals surface area contributed by atoms with Crippen molar-refractivity contribution in [3.8, 4) is 0 Å². The molecule has 0 aliphatic rings. The van der Waals surface area contributed by atoms with Gasteiger partial charge in [-0.05, 0) is 24.1 Å². The number of aromatic nitrogens is 3. The summed E-state index contributed by atoms with van der Waals surface area (Å²) in [5, 5.41) is 14.2. The SMILES string of the molecule is CN(C)c1nccc(NC(CO)Cc2c[nH]c3ccccc23)n1. The minimum atomic E-state index is -0.112. The van der Waals surface area contributed by atoms with E-state index >= 15 is 0 Å². The highest BCUT2D eigenvalue weighted by molar-refractivity contribution is 5.83. The van der Waals surface area contributed by atoms with Crippen molar-refractivity contribution < 1.29 is 5.11 Å². The second kappa shape index (κ2) is 6.66. The highest BCUT2D eigenvalue weighted by Gasteiger charge is 2.13. The maximum Gasteiger partial charge on any atom is 0.226 e. The van der Waals surface area contributed by atoms with Gasteiger partial charge >= 0.3 is 0 Å². The van der Waals surface area contributed by atoms with E-state index in [1.54, 1.807) is 6.20 Å². The van der Waals surface area contributed by atoms with Crippen LogP contribution in [-0.4, -0.2) is 46.8 Å². The zero-order valence-corrected chi connectivity index (χ0v) is 13.3. The Bertz CT molecular complexity index is 783. The minimum Gasteiger partial charge on any atom is -0.394 e. The Morgan fingerprint density at radius 3 is 2.87 bits per heavy atom. The molecule has 3 N–H and O–H groups in total. The molecule has 6 nitrogen and oxygen atoms in total. The van der Waals surface area contributed by atoms with E-state index in [4.69, 9.17) is 0 Å². The molecule has 3 rings (SSSR count). The Labute approximate surface area is 135 Å². The highest BCUT2D eigenvalue weighted by atomic mass is 16.3. The number of aliphatic hydroxyl groups is 1. The van der Waals surface area contributed by atoms with E-state index in [0.717, 1.165) is 5.52 Å². The van der Waals surface area contributed by atoms with Crippen molar-refractivity contribution in [2.75, 3.05) is 30.9 Å². The first-order valence-corrected chi connectivity index (χ1v) is 7.60. The summed E-state index contributed by atoms with van der Waals surface area (Å²) in [7, 11) is 3.79. The summed E-state index contributed by atoms with van der Waals surface area (Å²) in [5.74, 6) is 1.35. The van der Waals surface area contributed by atoms with E-state index in [1.165, 1.54) is 10.9 Å². The molecule has 0 spiro atoms. The lowest BCUT2D eigenvalue weighted by Crippen LogP contribution is -2.27. The number of rotatable bonds is 6. The number of nitrogens with zero attached hydrogens (tertiary/aromatic N) is 3. The normalized spacial score (nSPS) is 12.3. The molecule has 0 amide bonds. The highest BCUT2D eigenvalue weighted by Crippen LogP contribution is 2.20. The molecule has 1 unspecified atom stereocenters. The molecular weight excluding hydrogens is 290 g/mol. The van der Waals surface area contributed by atoms with E-state index in [0.29, 0.717) is 18.2 Å². The van der Waals surface area contributed by atoms with Gasteiger partial charge in [0.2, 0.25) is 5.95 Å². The van der Waals surface area contributed by atoms with Crippen LogP contribution >= 0.6 is 0 Å². The second-order valence-electron chi connectivity index (χ2n) is 5.72. The zero-order valence-electron chi connectivity index (χ0n) is 13.3. The number of nitrogens with one attached hydrogen (secondary N) is 2. The number of fused-ring (bicyclic) bond motifs is 1. The number of H-pyrrole nitrogens is 1. The van der Waals surface area contributed by atoms with Crippen LogP contribution in [0.5, 0.6) is 0 Å². The fourth-order valence-corrected chi connectivity index (χ4v) is 2.58. The van der Waals surface area contributed by atoms with Gasteiger partial charge in [0.1, 0.15) is 5.82 Å². The van der Waals surface area contributed by atoms with Crippen molar-refractivity contribution >= 4 is 22.7 Å². The molecule has 1 aromatic carbocycles.